The van der Waals surface area contributed by atoms with Crippen molar-refractivity contribution < 1.29 is 14.3 Å². The van der Waals surface area contributed by atoms with Crippen molar-refractivity contribution >= 4 is 17.7 Å². The maximum absolute atomic E-state index is 11.1. The molecule has 0 saturated heterocycles. The van der Waals surface area contributed by atoms with Crippen molar-refractivity contribution in [3.05, 3.63) is 22.8 Å². The van der Waals surface area contributed by atoms with E-state index in [1.54, 1.807) is 0 Å². The fourth-order valence-electron chi connectivity index (χ4n) is 1.28. The highest BCUT2D eigenvalue weighted by molar-refractivity contribution is 8.03. The Kier molecular flexibility index (Phi) is 4.75. The van der Waals surface area contributed by atoms with Crippen molar-refractivity contribution in [3.8, 4) is 0 Å². The van der Waals surface area contributed by atoms with Crippen LogP contribution in [-0.2, 0) is 14.3 Å². The minimum Gasteiger partial charge on any atom is -0.491 e. The van der Waals surface area contributed by atoms with E-state index >= 15 is 0 Å². The highest BCUT2D eigenvalue weighted by atomic mass is 32.2. The number of rotatable bonds is 4. The fourth-order valence-corrected chi connectivity index (χ4v) is 2.18. The first-order chi connectivity index (χ1) is 7.11. The first-order valence-corrected chi connectivity index (χ1v) is 5.95. The van der Waals surface area contributed by atoms with Crippen LogP contribution in [0.25, 0.3) is 0 Å². The zero-order valence-corrected chi connectivity index (χ0v) is 10.1. The second-order valence-corrected chi connectivity index (χ2v) is 4.29. The van der Waals surface area contributed by atoms with Crippen LogP contribution in [0.5, 0.6) is 0 Å². The molecule has 0 amide bonds. The molecule has 4 heteroatoms. The molecule has 0 bridgehead atoms. The summed E-state index contributed by atoms with van der Waals surface area (Å²) < 4.78 is 10.3. The zero-order chi connectivity index (χ0) is 11.3. The standard InChI is InChI=1S/C11H16O3S/c1-4-13-11(12)7-15-10-5-8(2)14-9(3)6-10/h5-6,8H,4,7H2,1-3H3. The number of esters is 1. The number of hydrogen-bond donors (Lipinski definition) is 0. The van der Waals surface area contributed by atoms with Gasteiger partial charge in [-0.3, -0.25) is 4.79 Å². The molecule has 0 saturated carbocycles. The van der Waals surface area contributed by atoms with E-state index in [9.17, 15) is 4.79 Å². The molecule has 0 spiro atoms. The Hall–Kier alpha value is -0.900. The maximum Gasteiger partial charge on any atom is 0.316 e. The van der Waals surface area contributed by atoms with Gasteiger partial charge in [0.1, 0.15) is 6.10 Å². The molecule has 0 N–H and O–H groups in total. The summed E-state index contributed by atoms with van der Waals surface area (Å²) in [5.41, 5.74) is 0. The topological polar surface area (TPSA) is 35.5 Å². The zero-order valence-electron chi connectivity index (χ0n) is 9.28. The summed E-state index contributed by atoms with van der Waals surface area (Å²) in [5, 5.41) is 0. The van der Waals surface area contributed by atoms with E-state index in [-0.39, 0.29) is 12.1 Å². The van der Waals surface area contributed by atoms with Crippen molar-refractivity contribution in [1.82, 2.24) is 0 Å². The van der Waals surface area contributed by atoms with Crippen molar-refractivity contribution in [2.75, 3.05) is 12.4 Å². The molecule has 0 aromatic carbocycles. The molecule has 1 unspecified atom stereocenters. The predicted octanol–water partition coefficient (Wildman–Crippen LogP) is 2.49. The molecule has 0 aromatic rings. The average Bonchev–Trinajstić information content (AvgIpc) is 2.14. The predicted molar refractivity (Wildman–Crippen MR) is 61.5 cm³/mol. The van der Waals surface area contributed by atoms with E-state index in [0.717, 1.165) is 10.7 Å². The van der Waals surface area contributed by atoms with Gasteiger partial charge in [0.05, 0.1) is 18.1 Å². The Labute approximate surface area is 94.5 Å². The number of carbonyl (C=O) groups is 1. The Morgan fingerprint density at radius 1 is 1.67 bits per heavy atom. The van der Waals surface area contributed by atoms with Gasteiger partial charge in [-0.05, 0) is 32.9 Å². The van der Waals surface area contributed by atoms with Crippen molar-refractivity contribution in [1.29, 1.82) is 0 Å². The van der Waals surface area contributed by atoms with Gasteiger partial charge in [-0.25, -0.2) is 0 Å². The lowest BCUT2D eigenvalue weighted by Gasteiger charge is -2.17. The number of allylic oxidation sites excluding steroid dienone is 2. The normalized spacial score (nSPS) is 20.1. The van der Waals surface area contributed by atoms with Crippen LogP contribution in [0.4, 0.5) is 0 Å². The van der Waals surface area contributed by atoms with Crippen LogP contribution < -0.4 is 0 Å². The van der Waals surface area contributed by atoms with E-state index in [4.69, 9.17) is 9.47 Å². The SMILES string of the molecule is CCOC(=O)CSC1=CC(C)OC(C)=C1. The molecule has 0 aliphatic carbocycles. The molecule has 0 fully saturated rings. The van der Waals surface area contributed by atoms with Crippen LogP contribution in [0.15, 0.2) is 22.8 Å². The summed E-state index contributed by atoms with van der Waals surface area (Å²) in [5.74, 6) is 1.07. The molecule has 1 atom stereocenters. The quantitative estimate of drug-likeness (QED) is 0.692. The third kappa shape index (κ3) is 4.42. The van der Waals surface area contributed by atoms with Crippen molar-refractivity contribution in [2.45, 2.75) is 26.9 Å². The van der Waals surface area contributed by atoms with Gasteiger partial charge in [0.15, 0.2) is 0 Å². The minimum atomic E-state index is -0.173. The van der Waals surface area contributed by atoms with Crippen molar-refractivity contribution in [2.24, 2.45) is 0 Å². The first kappa shape index (κ1) is 12.2. The second-order valence-electron chi connectivity index (χ2n) is 3.24. The average molecular weight is 228 g/mol. The Bertz CT molecular complexity index is 294. The van der Waals surface area contributed by atoms with Gasteiger partial charge in [0.25, 0.3) is 0 Å². The number of carbonyl (C=O) groups excluding carboxylic acids is 1. The van der Waals surface area contributed by atoms with E-state index < -0.39 is 0 Å². The molecular formula is C11H16O3S. The van der Waals surface area contributed by atoms with Crippen LogP contribution in [0, 0.1) is 0 Å². The molecular weight excluding hydrogens is 212 g/mol. The second kappa shape index (κ2) is 5.85. The smallest absolute Gasteiger partial charge is 0.316 e. The third-order valence-electron chi connectivity index (χ3n) is 1.78. The molecule has 0 radical (unpaired) electrons. The summed E-state index contributed by atoms with van der Waals surface area (Å²) in [6, 6.07) is 0. The van der Waals surface area contributed by atoms with Crippen LogP contribution in [0.1, 0.15) is 20.8 Å². The molecule has 15 heavy (non-hydrogen) atoms. The summed E-state index contributed by atoms with van der Waals surface area (Å²) in [7, 11) is 0. The van der Waals surface area contributed by atoms with Gasteiger partial charge in [0.2, 0.25) is 0 Å². The monoisotopic (exact) mass is 228 g/mol. The van der Waals surface area contributed by atoms with Gasteiger partial charge in [0, 0.05) is 4.91 Å². The highest BCUT2D eigenvalue weighted by Crippen LogP contribution is 2.25. The van der Waals surface area contributed by atoms with E-state index in [0.29, 0.717) is 12.4 Å². The molecule has 1 aliphatic rings. The molecule has 84 valence electrons. The highest BCUT2D eigenvalue weighted by Gasteiger charge is 2.11. The van der Waals surface area contributed by atoms with E-state index in [1.807, 2.05) is 32.9 Å². The maximum atomic E-state index is 11.1. The van der Waals surface area contributed by atoms with Crippen LogP contribution in [0.2, 0.25) is 0 Å². The van der Waals surface area contributed by atoms with E-state index in [2.05, 4.69) is 0 Å². The van der Waals surface area contributed by atoms with Crippen molar-refractivity contribution in [3.63, 3.8) is 0 Å². The van der Waals surface area contributed by atoms with Gasteiger partial charge in [-0.15, -0.1) is 11.8 Å². The molecule has 1 heterocycles. The van der Waals surface area contributed by atoms with Crippen LogP contribution >= 0.6 is 11.8 Å². The summed E-state index contributed by atoms with van der Waals surface area (Å²) in [4.78, 5) is 12.2. The Balaban J connectivity index is 2.41. The van der Waals surface area contributed by atoms with Crippen LogP contribution in [-0.4, -0.2) is 24.4 Å². The van der Waals surface area contributed by atoms with Gasteiger partial charge >= 0.3 is 5.97 Å². The van der Waals surface area contributed by atoms with Crippen LogP contribution in [0.3, 0.4) is 0 Å². The first-order valence-electron chi connectivity index (χ1n) is 4.97. The minimum absolute atomic E-state index is 0.0831. The van der Waals surface area contributed by atoms with Gasteiger partial charge < -0.3 is 9.47 Å². The number of thioether (sulfide) groups is 1. The lowest BCUT2D eigenvalue weighted by molar-refractivity contribution is -0.139. The van der Waals surface area contributed by atoms with Gasteiger partial charge in [-0.1, -0.05) is 0 Å². The summed E-state index contributed by atoms with van der Waals surface area (Å²) in [6.45, 7) is 6.13. The molecule has 0 aromatic heterocycles. The third-order valence-corrected chi connectivity index (χ3v) is 2.75. The molecule has 1 aliphatic heterocycles. The lowest BCUT2D eigenvalue weighted by Crippen LogP contribution is -2.10. The molecule has 1 rings (SSSR count). The Morgan fingerprint density at radius 2 is 2.40 bits per heavy atom. The number of ether oxygens (including phenoxy) is 2. The van der Waals surface area contributed by atoms with Gasteiger partial charge in [-0.2, -0.15) is 0 Å². The molecule has 3 nitrogen and oxygen atoms in total. The van der Waals surface area contributed by atoms with E-state index in [1.165, 1.54) is 11.8 Å². The summed E-state index contributed by atoms with van der Waals surface area (Å²) >= 11 is 1.48. The fraction of sp³-hybridized carbons (Fsp3) is 0.545. The lowest BCUT2D eigenvalue weighted by atomic mass is 10.3. The Morgan fingerprint density at radius 3 is 3.00 bits per heavy atom. The summed E-state index contributed by atoms with van der Waals surface area (Å²) in [6.07, 6.45) is 4.01. The number of hydrogen-bond acceptors (Lipinski definition) is 4. The largest absolute Gasteiger partial charge is 0.491 e.